The molecule has 1 unspecified atom stereocenters. The van der Waals surface area contributed by atoms with Crippen LogP contribution in [0, 0.1) is 0 Å². The first kappa shape index (κ1) is 25.9. The van der Waals surface area contributed by atoms with Crippen molar-refractivity contribution in [2.24, 2.45) is 0 Å². The van der Waals surface area contributed by atoms with Gasteiger partial charge in [-0.25, -0.2) is 0 Å². The van der Waals surface area contributed by atoms with Gasteiger partial charge in [-0.05, 0) is 72.6 Å². The molecule has 0 spiro atoms. The third-order valence-electron chi connectivity index (χ3n) is 6.19. The molecule has 33 heavy (non-hydrogen) atoms. The number of rotatable bonds is 11. The molecule has 0 bridgehead atoms. The number of hydrogen-bond donors (Lipinski definition) is 0. The van der Waals surface area contributed by atoms with E-state index in [2.05, 4.69) is 66.5 Å². The van der Waals surface area contributed by atoms with Crippen molar-refractivity contribution in [1.82, 2.24) is 4.90 Å². The van der Waals surface area contributed by atoms with Gasteiger partial charge in [0.15, 0.2) is 23.0 Å². The highest BCUT2D eigenvalue weighted by molar-refractivity contribution is 8.18. The Morgan fingerprint density at radius 2 is 1.42 bits per heavy atom. The number of thioether (sulfide) groups is 2. The van der Waals surface area contributed by atoms with E-state index in [0.29, 0.717) is 5.92 Å². The summed E-state index contributed by atoms with van der Waals surface area (Å²) in [5.74, 6) is 5.88. The molecule has 1 heterocycles. The monoisotopic (exact) mass is 491 g/mol. The molecular formula is C26H37NO4S2. The zero-order valence-electron chi connectivity index (χ0n) is 20.7. The van der Waals surface area contributed by atoms with E-state index in [1.807, 2.05) is 12.1 Å². The van der Waals surface area contributed by atoms with Gasteiger partial charge in [-0.15, -0.1) is 23.5 Å². The van der Waals surface area contributed by atoms with Crippen LogP contribution in [0.15, 0.2) is 36.4 Å². The molecule has 1 aliphatic rings. The van der Waals surface area contributed by atoms with Crippen molar-refractivity contribution in [2.45, 2.75) is 36.8 Å². The van der Waals surface area contributed by atoms with Crippen molar-refractivity contribution < 1.29 is 18.9 Å². The molecule has 7 heteroatoms. The minimum absolute atomic E-state index is 0.0691. The Morgan fingerprint density at radius 3 is 2.03 bits per heavy atom. The highest BCUT2D eigenvalue weighted by Gasteiger charge is 2.35. The molecule has 0 aliphatic carbocycles. The van der Waals surface area contributed by atoms with Crippen LogP contribution in [0.5, 0.6) is 23.0 Å². The third-order valence-corrected chi connectivity index (χ3v) is 9.47. The van der Waals surface area contributed by atoms with Crippen LogP contribution in [-0.4, -0.2) is 62.1 Å². The van der Waals surface area contributed by atoms with Crippen LogP contribution >= 0.6 is 23.5 Å². The third kappa shape index (κ3) is 6.46. The van der Waals surface area contributed by atoms with Gasteiger partial charge >= 0.3 is 0 Å². The normalized spacial score (nSPS) is 16.3. The maximum absolute atomic E-state index is 5.55. The second kappa shape index (κ2) is 12.1. The lowest BCUT2D eigenvalue weighted by Gasteiger charge is -2.44. The summed E-state index contributed by atoms with van der Waals surface area (Å²) in [6.07, 6.45) is 2.23. The van der Waals surface area contributed by atoms with Crippen LogP contribution in [0.3, 0.4) is 0 Å². The lowest BCUT2D eigenvalue weighted by atomic mass is 9.99. The van der Waals surface area contributed by atoms with Gasteiger partial charge in [-0.1, -0.05) is 19.1 Å². The molecule has 1 atom stereocenters. The molecule has 5 nitrogen and oxygen atoms in total. The van der Waals surface area contributed by atoms with Gasteiger partial charge < -0.3 is 18.9 Å². The Labute approximate surface area is 207 Å². The van der Waals surface area contributed by atoms with Gasteiger partial charge in [-0.2, -0.15) is 0 Å². The molecule has 1 aliphatic heterocycles. The minimum atomic E-state index is 0.0691. The zero-order chi connectivity index (χ0) is 23.8. The van der Waals surface area contributed by atoms with Crippen LogP contribution in [0.1, 0.15) is 37.3 Å². The summed E-state index contributed by atoms with van der Waals surface area (Å²) in [5.41, 5.74) is 2.52. The molecule has 0 aromatic heterocycles. The first-order valence-electron chi connectivity index (χ1n) is 11.4. The van der Waals surface area contributed by atoms with Gasteiger partial charge in [-0.3, -0.25) is 4.90 Å². The quantitative estimate of drug-likeness (QED) is 0.387. The molecule has 0 saturated carbocycles. The Hall–Kier alpha value is -1.70. The van der Waals surface area contributed by atoms with Crippen LogP contribution in [0.4, 0.5) is 0 Å². The topological polar surface area (TPSA) is 40.2 Å². The fourth-order valence-electron chi connectivity index (χ4n) is 4.16. The number of hydrogen-bond acceptors (Lipinski definition) is 7. The highest BCUT2D eigenvalue weighted by atomic mass is 32.2. The van der Waals surface area contributed by atoms with E-state index < -0.39 is 0 Å². The largest absolute Gasteiger partial charge is 0.493 e. The van der Waals surface area contributed by atoms with Crippen molar-refractivity contribution in [3.63, 3.8) is 0 Å². The molecule has 2 aromatic carbocycles. The van der Waals surface area contributed by atoms with E-state index in [0.717, 1.165) is 42.5 Å². The second-order valence-electron chi connectivity index (χ2n) is 8.35. The summed E-state index contributed by atoms with van der Waals surface area (Å²) in [5, 5.41) is 0. The van der Waals surface area contributed by atoms with Crippen molar-refractivity contribution in [3.05, 3.63) is 47.5 Å². The Kier molecular flexibility index (Phi) is 9.53. The summed E-state index contributed by atoms with van der Waals surface area (Å²) in [4.78, 5) is 2.65. The molecule has 2 aromatic rings. The molecule has 0 radical (unpaired) electrons. The van der Waals surface area contributed by atoms with Crippen LogP contribution in [0.2, 0.25) is 0 Å². The van der Waals surface area contributed by atoms with Crippen LogP contribution < -0.4 is 18.9 Å². The fraction of sp³-hybridized carbons (Fsp3) is 0.538. The van der Waals surface area contributed by atoms with Crippen LogP contribution in [-0.2, 0) is 6.42 Å². The van der Waals surface area contributed by atoms with Gasteiger partial charge in [0.25, 0.3) is 0 Å². The zero-order valence-corrected chi connectivity index (χ0v) is 22.3. The summed E-state index contributed by atoms with van der Waals surface area (Å²) < 4.78 is 22.0. The average molecular weight is 492 g/mol. The van der Waals surface area contributed by atoms with Gasteiger partial charge in [0.2, 0.25) is 0 Å². The molecule has 1 saturated heterocycles. The minimum Gasteiger partial charge on any atom is -0.493 e. The van der Waals surface area contributed by atoms with E-state index in [4.69, 9.17) is 18.9 Å². The number of ether oxygens (including phenoxy) is 4. The summed E-state index contributed by atoms with van der Waals surface area (Å²) >= 11 is 4.15. The lowest BCUT2D eigenvalue weighted by molar-refractivity contribution is 0.235. The van der Waals surface area contributed by atoms with Crippen molar-refractivity contribution in [2.75, 3.05) is 53.0 Å². The van der Waals surface area contributed by atoms with Crippen molar-refractivity contribution >= 4 is 23.5 Å². The number of nitrogens with zero attached hydrogens (tertiary/aromatic N) is 1. The predicted octanol–water partition coefficient (Wildman–Crippen LogP) is 5.91. The van der Waals surface area contributed by atoms with Crippen molar-refractivity contribution in [1.29, 1.82) is 0 Å². The number of benzene rings is 2. The molecule has 182 valence electrons. The molecular weight excluding hydrogens is 454 g/mol. The SMILES string of the molecule is COc1ccc(CCN(CC(C)c2ccc(OC)c(OC)c2)C2(C)SCCCS2)cc1OC. The lowest BCUT2D eigenvalue weighted by Crippen LogP contribution is -2.46. The molecule has 1 fully saturated rings. The van der Waals surface area contributed by atoms with Crippen LogP contribution in [0.25, 0.3) is 0 Å². The van der Waals surface area contributed by atoms with Gasteiger partial charge in [0.1, 0.15) is 4.20 Å². The second-order valence-corrected chi connectivity index (χ2v) is 11.6. The maximum atomic E-state index is 5.55. The predicted molar refractivity (Wildman–Crippen MR) is 141 cm³/mol. The van der Waals surface area contributed by atoms with Gasteiger partial charge in [0, 0.05) is 13.1 Å². The molecule has 0 N–H and O–H groups in total. The average Bonchev–Trinajstić information content (AvgIpc) is 2.85. The smallest absolute Gasteiger partial charge is 0.160 e. The Balaban J connectivity index is 1.78. The van der Waals surface area contributed by atoms with E-state index in [1.54, 1.807) is 28.4 Å². The summed E-state index contributed by atoms with van der Waals surface area (Å²) in [7, 11) is 6.73. The van der Waals surface area contributed by atoms with E-state index in [9.17, 15) is 0 Å². The Bertz CT molecular complexity index is 902. The van der Waals surface area contributed by atoms with E-state index in [-0.39, 0.29) is 4.20 Å². The standard InChI is InChI=1S/C26H37NO4S2/c1-19(21-9-11-23(29-4)25(17-21)31-6)18-27(26(2)32-14-7-15-33-26)13-12-20-8-10-22(28-3)24(16-20)30-5/h8-11,16-17,19H,7,12-15,18H2,1-6H3. The van der Waals surface area contributed by atoms with Crippen molar-refractivity contribution in [3.8, 4) is 23.0 Å². The molecule has 3 rings (SSSR count). The first-order valence-corrected chi connectivity index (χ1v) is 13.4. The number of methoxy groups -OCH3 is 4. The van der Waals surface area contributed by atoms with Gasteiger partial charge in [0.05, 0.1) is 28.4 Å². The first-order chi connectivity index (χ1) is 15.9. The fourth-order valence-corrected chi connectivity index (χ4v) is 7.21. The van der Waals surface area contributed by atoms with E-state index >= 15 is 0 Å². The Morgan fingerprint density at radius 1 is 0.848 bits per heavy atom. The summed E-state index contributed by atoms with van der Waals surface area (Å²) in [6.45, 7) is 6.63. The molecule has 0 amide bonds. The summed E-state index contributed by atoms with van der Waals surface area (Å²) in [6, 6.07) is 12.5. The van der Waals surface area contributed by atoms with E-state index in [1.165, 1.54) is 29.1 Å². The maximum Gasteiger partial charge on any atom is 0.160 e. The highest BCUT2D eigenvalue weighted by Crippen LogP contribution is 2.45.